The molecular formula is C10H12N8O4. The number of nitrogen functional groups attached to an aromatic ring is 1. The highest BCUT2D eigenvalue weighted by Crippen LogP contribution is 2.34. The van der Waals surface area contributed by atoms with Gasteiger partial charge in [0.05, 0.1) is 12.9 Å². The maximum atomic E-state index is 10.1. The van der Waals surface area contributed by atoms with Gasteiger partial charge in [0.1, 0.15) is 29.3 Å². The van der Waals surface area contributed by atoms with Crippen LogP contribution in [0.5, 0.6) is 0 Å². The molecule has 3 rings (SSSR count). The van der Waals surface area contributed by atoms with Crippen LogP contribution in [-0.2, 0) is 4.74 Å². The van der Waals surface area contributed by atoms with Crippen molar-refractivity contribution < 1.29 is 20.1 Å². The number of hydrogen-bond acceptors (Lipinski definition) is 9. The molecule has 3 heterocycles. The molecule has 116 valence electrons. The van der Waals surface area contributed by atoms with Gasteiger partial charge in [0.2, 0.25) is 0 Å². The second-order valence-corrected chi connectivity index (χ2v) is 4.68. The number of azide groups is 1. The van der Waals surface area contributed by atoms with Crippen molar-refractivity contribution in [2.45, 2.75) is 24.5 Å². The predicted octanol–water partition coefficient (Wildman–Crippen LogP) is -1.04. The number of nitrogens with two attached hydrogens (primary N) is 1. The molecule has 0 unspecified atom stereocenters. The maximum Gasteiger partial charge on any atom is 0.177 e. The average molecular weight is 308 g/mol. The molecular weight excluding hydrogens is 296 g/mol. The summed E-state index contributed by atoms with van der Waals surface area (Å²) in [7, 11) is 0. The van der Waals surface area contributed by atoms with Crippen LogP contribution in [-0.4, -0.2) is 60.0 Å². The molecule has 22 heavy (non-hydrogen) atoms. The lowest BCUT2D eigenvalue weighted by molar-refractivity contribution is -0.0508. The van der Waals surface area contributed by atoms with E-state index in [9.17, 15) is 10.2 Å². The molecule has 1 fully saturated rings. The Morgan fingerprint density at radius 1 is 1.41 bits per heavy atom. The zero-order chi connectivity index (χ0) is 15.9. The summed E-state index contributed by atoms with van der Waals surface area (Å²) in [6.07, 6.45) is -3.24. The molecule has 0 saturated carbocycles. The van der Waals surface area contributed by atoms with Gasteiger partial charge in [-0.2, -0.15) is 0 Å². The molecule has 1 aliphatic heterocycles. The van der Waals surface area contributed by atoms with E-state index >= 15 is 0 Å². The van der Waals surface area contributed by atoms with Crippen LogP contribution < -0.4 is 5.73 Å². The third-order valence-electron chi connectivity index (χ3n) is 3.43. The SMILES string of the molecule is [N-]=[N+]=Nc1nnc(N)c2c1ncn2[C@@H]1O[C@H](CO)[C@@H](O)[C@H]1O. The third-order valence-corrected chi connectivity index (χ3v) is 3.43. The van der Waals surface area contributed by atoms with E-state index in [-0.39, 0.29) is 22.7 Å². The molecule has 0 amide bonds. The Kier molecular flexibility index (Phi) is 3.52. The van der Waals surface area contributed by atoms with Crippen LogP contribution in [0.2, 0.25) is 0 Å². The van der Waals surface area contributed by atoms with E-state index in [2.05, 4.69) is 25.2 Å². The Bertz CT molecular complexity index is 757. The first-order valence-corrected chi connectivity index (χ1v) is 6.24. The van der Waals surface area contributed by atoms with Gasteiger partial charge in [-0.25, -0.2) is 4.98 Å². The zero-order valence-electron chi connectivity index (χ0n) is 11.1. The highest BCUT2D eigenvalue weighted by Gasteiger charge is 2.44. The first kappa shape index (κ1) is 14.4. The Morgan fingerprint density at radius 3 is 2.82 bits per heavy atom. The van der Waals surface area contributed by atoms with Gasteiger partial charge < -0.3 is 25.8 Å². The van der Waals surface area contributed by atoms with Gasteiger partial charge >= 0.3 is 0 Å². The van der Waals surface area contributed by atoms with Crippen molar-refractivity contribution in [1.29, 1.82) is 0 Å². The molecule has 4 atom stereocenters. The normalized spacial score (nSPS) is 28.0. The molecule has 0 spiro atoms. The van der Waals surface area contributed by atoms with Crippen LogP contribution in [0.4, 0.5) is 11.6 Å². The van der Waals surface area contributed by atoms with E-state index < -0.39 is 31.1 Å². The maximum absolute atomic E-state index is 10.1. The number of aliphatic hydroxyl groups is 3. The Labute approximate surface area is 122 Å². The molecule has 0 bridgehead atoms. The lowest BCUT2D eigenvalue weighted by Crippen LogP contribution is -2.33. The predicted molar refractivity (Wildman–Crippen MR) is 71.6 cm³/mol. The molecule has 12 nitrogen and oxygen atoms in total. The number of imidazole rings is 1. The number of anilines is 1. The van der Waals surface area contributed by atoms with Crippen molar-refractivity contribution in [2.75, 3.05) is 12.3 Å². The summed E-state index contributed by atoms with van der Waals surface area (Å²) < 4.78 is 6.75. The third kappa shape index (κ3) is 2.03. The standard InChI is InChI=1S/C10H12N8O4/c11-8-5-4(9(15-14-8)16-17-12)13-2-18(5)10-7(21)6(20)3(1-19)22-10/h2-3,6-7,10,19-21H,1H2,(H2,11,14)/t3-,6-,7-,10-/m1/s1. The van der Waals surface area contributed by atoms with Crippen LogP contribution in [0.1, 0.15) is 6.23 Å². The van der Waals surface area contributed by atoms with Gasteiger partial charge in [-0.15, -0.1) is 10.2 Å². The van der Waals surface area contributed by atoms with Crippen LogP contribution in [0, 0.1) is 0 Å². The van der Waals surface area contributed by atoms with Crippen molar-refractivity contribution in [3.63, 3.8) is 0 Å². The lowest BCUT2D eigenvalue weighted by Gasteiger charge is -2.17. The molecule has 1 aliphatic rings. The van der Waals surface area contributed by atoms with Crippen LogP contribution in [0.15, 0.2) is 11.4 Å². The first-order chi connectivity index (χ1) is 10.6. The molecule has 0 aliphatic carbocycles. The summed E-state index contributed by atoms with van der Waals surface area (Å²) in [6.45, 7) is -0.458. The van der Waals surface area contributed by atoms with Crippen molar-refractivity contribution >= 4 is 22.7 Å². The minimum absolute atomic E-state index is 0.0119. The minimum atomic E-state index is -1.30. The fourth-order valence-corrected chi connectivity index (χ4v) is 2.39. The minimum Gasteiger partial charge on any atom is -0.394 e. The van der Waals surface area contributed by atoms with Crippen molar-refractivity contribution in [3.8, 4) is 0 Å². The number of ether oxygens (including phenoxy) is 1. The van der Waals surface area contributed by atoms with Gasteiger partial charge in [0.15, 0.2) is 17.9 Å². The van der Waals surface area contributed by atoms with Crippen molar-refractivity contribution in [2.24, 2.45) is 5.11 Å². The second-order valence-electron chi connectivity index (χ2n) is 4.68. The van der Waals surface area contributed by atoms with Crippen LogP contribution >= 0.6 is 0 Å². The van der Waals surface area contributed by atoms with E-state index in [1.165, 1.54) is 10.9 Å². The highest BCUT2D eigenvalue weighted by molar-refractivity contribution is 5.91. The number of hydrogen-bond donors (Lipinski definition) is 4. The topological polar surface area (TPSA) is 188 Å². The molecule has 2 aromatic heterocycles. The van der Waals surface area contributed by atoms with E-state index in [4.69, 9.17) is 21.1 Å². The summed E-state index contributed by atoms with van der Waals surface area (Å²) >= 11 is 0. The molecule has 1 saturated heterocycles. The number of nitrogens with zero attached hydrogens (tertiary/aromatic N) is 7. The molecule has 2 aromatic rings. The number of aromatic nitrogens is 4. The van der Waals surface area contributed by atoms with E-state index in [1.54, 1.807) is 0 Å². The Morgan fingerprint density at radius 2 is 2.18 bits per heavy atom. The molecule has 5 N–H and O–H groups in total. The van der Waals surface area contributed by atoms with E-state index in [0.717, 1.165) is 0 Å². The first-order valence-electron chi connectivity index (χ1n) is 6.24. The summed E-state index contributed by atoms with van der Waals surface area (Å²) in [5.74, 6) is -0.0840. The zero-order valence-corrected chi connectivity index (χ0v) is 11.1. The number of fused-ring (bicyclic) bond motifs is 1. The van der Waals surface area contributed by atoms with Crippen molar-refractivity contribution in [3.05, 3.63) is 16.8 Å². The van der Waals surface area contributed by atoms with Gasteiger partial charge in [-0.1, -0.05) is 0 Å². The summed E-state index contributed by atoms with van der Waals surface area (Å²) in [4.78, 5) is 6.66. The van der Waals surface area contributed by atoms with Crippen molar-refractivity contribution in [1.82, 2.24) is 19.7 Å². The van der Waals surface area contributed by atoms with Gasteiger partial charge in [-0.05, 0) is 10.6 Å². The Hall–Kier alpha value is -2.50. The molecule has 0 radical (unpaired) electrons. The highest BCUT2D eigenvalue weighted by atomic mass is 16.6. The van der Waals surface area contributed by atoms with Gasteiger partial charge in [0, 0.05) is 4.91 Å². The monoisotopic (exact) mass is 308 g/mol. The quantitative estimate of drug-likeness (QED) is 0.314. The van der Waals surface area contributed by atoms with Gasteiger partial charge in [0.25, 0.3) is 0 Å². The Balaban J connectivity index is 2.13. The summed E-state index contributed by atoms with van der Waals surface area (Å²) in [5.41, 5.74) is 14.7. The largest absolute Gasteiger partial charge is 0.394 e. The number of rotatable bonds is 3. The van der Waals surface area contributed by atoms with E-state index in [0.29, 0.717) is 0 Å². The summed E-state index contributed by atoms with van der Waals surface area (Å²) in [6, 6.07) is 0. The lowest BCUT2D eigenvalue weighted by atomic mass is 10.1. The fraction of sp³-hybridized carbons (Fsp3) is 0.500. The number of aliphatic hydroxyl groups excluding tert-OH is 3. The smallest absolute Gasteiger partial charge is 0.177 e. The molecule has 12 heteroatoms. The molecule has 0 aromatic carbocycles. The fourth-order valence-electron chi connectivity index (χ4n) is 2.39. The van der Waals surface area contributed by atoms with E-state index in [1.807, 2.05) is 0 Å². The second kappa shape index (κ2) is 5.36. The average Bonchev–Trinajstić information content (AvgIpc) is 3.06. The van der Waals surface area contributed by atoms with Crippen LogP contribution in [0.25, 0.3) is 21.5 Å². The van der Waals surface area contributed by atoms with Gasteiger partial charge in [-0.3, -0.25) is 4.57 Å². The van der Waals surface area contributed by atoms with Crippen LogP contribution in [0.3, 0.4) is 0 Å². The summed E-state index contributed by atoms with van der Waals surface area (Å²) in [5, 5.41) is 39.7.